The van der Waals surface area contributed by atoms with Crippen LogP contribution in [0.25, 0.3) is 88.4 Å². The molecule has 0 spiro atoms. The predicted molar refractivity (Wildman–Crippen MR) is 474 cm³/mol. The summed E-state index contributed by atoms with van der Waals surface area (Å²) >= 11 is 0. The van der Waals surface area contributed by atoms with Crippen LogP contribution >= 0.6 is 0 Å². The minimum atomic E-state index is -0.787. The summed E-state index contributed by atoms with van der Waals surface area (Å²) in [5, 5.41) is 4.81. The van der Waals surface area contributed by atoms with E-state index in [-0.39, 0.29) is 10.8 Å². The van der Waals surface area contributed by atoms with Crippen molar-refractivity contribution in [1.29, 1.82) is 0 Å². The average Bonchev–Trinajstić information content (AvgIpc) is 1.50. The van der Waals surface area contributed by atoms with Crippen molar-refractivity contribution in [2.75, 3.05) is 4.90 Å². The molecule has 4 aliphatic carbocycles. The zero-order chi connectivity index (χ0) is 76.1. The third-order valence-corrected chi connectivity index (χ3v) is 27.2. The predicted octanol–water partition coefficient (Wildman–Crippen LogP) is 31.1. The Morgan fingerprint density at radius 1 is 0.283 bits per heavy atom. The summed E-state index contributed by atoms with van der Waals surface area (Å²) in [6.45, 7) is 9.48. The van der Waals surface area contributed by atoms with Crippen LogP contribution in [0.2, 0.25) is 0 Å². The van der Waals surface area contributed by atoms with Gasteiger partial charge in [0.1, 0.15) is 28.1 Å². The third-order valence-electron chi connectivity index (χ3n) is 27.2. The zero-order valence-corrected chi connectivity index (χ0v) is 66.7. The van der Waals surface area contributed by atoms with E-state index >= 15 is 0 Å². The van der Waals surface area contributed by atoms with Crippen LogP contribution in [-0.2, 0) is 21.7 Å². The maximum atomic E-state index is 7.64. The van der Waals surface area contributed by atoms with E-state index in [2.05, 4.69) is 306 Å². The maximum Gasteiger partial charge on any atom is 0.144 e. The second-order valence-corrected chi connectivity index (χ2v) is 33.5. The molecule has 19 rings (SSSR count). The highest BCUT2D eigenvalue weighted by atomic mass is 16.3. The molecule has 0 saturated heterocycles. The van der Waals surface area contributed by atoms with Crippen molar-refractivity contribution >= 4 is 61.1 Å². The second kappa shape index (κ2) is 30.6. The van der Waals surface area contributed by atoms with Gasteiger partial charge in [0.2, 0.25) is 0 Å². The van der Waals surface area contributed by atoms with Crippen LogP contribution < -0.4 is 4.90 Å². The van der Waals surface area contributed by atoms with Crippen molar-refractivity contribution in [3.8, 4) is 44.5 Å². The molecular formula is C109H106N2O2. The van der Waals surface area contributed by atoms with Crippen LogP contribution in [0.4, 0.5) is 17.2 Å². The summed E-state index contributed by atoms with van der Waals surface area (Å²) in [7, 11) is 0. The minimum Gasteiger partial charge on any atom is -0.456 e. The summed E-state index contributed by atoms with van der Waals surface area (Å²) in [6.07, 6.45) is 31.2. The highest BCUT2D eigenvalue weighted by Gasteiger charge is 2.56. The summed E-state index contributed by atoms with van der Waals surface area (Å²) in [4.78, 5) is 8.01. The van der Waals surface area contributed by atoms with Crippen LogP contribution in [0, 0.1) is 0 Å². The van der Waals surface area contributed by atoms with Crippen LogP contribution in [0.3, 0.4) is 0 Å². The molecule has 0 unspecified atom stereocenters. The van der Waals surface area contributed by atoms with Crippen molar-refractivity contribution in [1.82, 2.24) is 4.98 Å². The highest BCUT2D eigenvalue weighted by molar-refractivity contribution is 6.21. The second-order valence-electron chi connectivity index (χ2n) is 33.5. The number of aromatic nitrogens is 1. The SMILES string of the molecule is CCCCCCCC1(CCCCCCC)c2ccccc2-c2c1c1c(c3c2oc2ccccc23)-c2ccc(N(c3ccc4c(c3)C(c3ccccc3)(c3ccccc3)c3cc5c(cc3-4)C(c3ccccc3)(c3ccccc3)c3ccc4oc6ccccc6c4c3-5)c3ccccn3)cc2C1(CCCCCCC)CCCCCCC. The van der Waals surface area contributed by atoms with Gasteiger partial charge in [-0.2, -0.15) is 0 Å². The number of hydrogen-bond acceptors (Lipinski definition) is 4. The van der Waals surface area contributed by atoms with Gasteiger partial charge in [-0.25, -0.2) is 4.98 Å². The Balaban J connectivity index is 0.876. The molecule has 0 aliphatic heterocycles. The summed E-state index contributed by atoms with van der Waals surface area (Å²) in [6, 6.07) is 105. The lowest BCUT2D eigenvalue weighted by atomic mass is 9.62. The van der Waals surface area contributed by atoms with Crippen LogP contribution in [-0.4, -0.2) is 4.98 Å². The molecule has 113 heavy (non-hydrogen) atoms. The molecule has 4 heteroatoms. The molecule has 0 fully saturated rings. The number of hydrogen-bond donors (Lipinski definition) is 0. The fourth-order valence-electron chi connectivity index (χ4n) is 22.3. The molecule has 3 heterocycles. The Bertz CT molecular complexity index is 5860. The lowest BCUT2D eigenvalue weighted by Crippen LogP contribution is -2.33. The molecule has 0 bridgehead atoms. The first-order valence-corrected chi connectivity index (χ1v) is 43.4. The lowest BCUT2D eigenvalue weighted by molar-refractivity contribution is 0.369. The van der Waals surface area contributed by atoms with Crippen molar-refractivity contribution in [2.24, 2.45) is 0 Å². The molecule has 0 atom stereocenters. The number of anilines is 3. The van der Waals surface area contributed by atoms with E-state index in [0.717, 1.165) is 88.8 Å². The first-order chi connectivity index (χ1) is 55.9. The van der Waals surface area contributed by atoms with Gasteiger partial charge in [0.05, 0.1) is 10.8 Å². The molecule has 4 nitrogen and oxygen atoms in total. The number of para-hydroxylation sites is 2. The molecule has 4 aliphatic rings. The van der Waals surface area contributed by atoms with Crippen LogP contribution in [0.5, 0.6) is 0 Å². The van der Waals surface area contributed by atoms with E-state index in [1.807, 2.05) is 6.20 Å². The van der Waals surface area contributed by atoms with Gasteiger partial charge in [-0.05, 0) is 198 Å². The Kier molecular flexibility index (Phi) is 19.6. The molecule has 0 saturated carbocycles. The van der Waals surface area contributed by atoms with Crippen LogP contribution in [0.15, 0.2) is 288 Å². The summed E-state index contributed by atoms with van der Waals surface area (Å²) in [5.74, 6) is 0.889. The Morgan fingerprint density at radius 3 is 1.26 bits per heavy atom. The van der Waals surface area contributed by atoms with E-state index in [0.29, 0.717) is 0 Å². The number of benzene rings is 12. The Labute approximate surface area is 669 Å². The van der Waals surface area contributed by atoms with Gasteiger partial charge in [0.15, 0.2) is 0 Å². The van der Waals surface area contributed by atoms with E-state index in [1.165, 1.54) is 221 Å². The van der Waals surface area contributed by atoms with Crippen molar-refractivity contribution < 1.29 is 8.83 Å². The molecule has 0 radical (unpaired) electrons. The largest absolute Gasteiger partial charge is 0.456 e. The van der Waals surface area contributed by atoms with Crippen molar-refractivity contribution in [3.63, 3.8) is 0 Å². The maximum absolute atomic E-state index is 7.64. The Hall–Kier alpha value is -10.8. The summed E-state index contributed by atoms with van der Waals surface area (Å²) in [5.41, 5.74) is 30.9. The zero-order valence-electron chi connectivity index (χ0n) is 66.7. The molecular weight excluding hydrogens is 1370 g/mol. The number of fused-ring (bicyclic) bond motifs is 22. The monoisotopic (exact) mass is 1470 g/mol. The fourth-order valence-corrected chi connectivity index (χ4v) is 22.3. The van der Waals surface area contributed by atoms with Gasteiger partial charge in [-0.3, -0.25) is 4.90 Å². The normalized spacial score (nSPS) is 14.6. The summed E-state index contributed by atoms with van der Waals surface area (Å²) < 4.78 is 14.6. The highest BCUT2D eigenvalue weighted by Crippen LogP contribution is 2.69. The molecule has 15 aromatic rings. The first kappa shape index (κ1) is 72.4. The first-order valence-electron chi connectivity index (χ1n) is 43.4. The van der Waals surface area contributed by atoms with Crippen LogP contribution in [0.1, 0.15) is 249 Å². The van der Waals surface area contributed by atoms with Gasteiger partial charge in [0.25, 0.3) is 0 Å². The lowest BCUT2D eigenvalue weighted by Gasteiger charge is -2.40. The molecule has 3 aromatic heterocycles. The quantitative estimate of drug-likeness (QED) is 0.0406. The van der Waals surface area contributed by atoms with Gasteiger partial charge in [0, 0.05) is 55.5 Å². The van der Waals surface area contributed by atoms with Gasteiger partial charge < -0.3 is 8.83 Å². The molecule has 0 N–H and O–H groups in total. The number of nitrogens with zero attached hydrogens (tertiary/aromatic N) is 2. The van der Waals surface area contributed by atoms with E-state index in [9.17, 15) is 0 Å². The third kappa shape index (κ3) is 11.6. The number of rotatable bonds is 31. The van der Waals surface area contributed by atoms with Gasteiger partial charge in [-0.1, -0.05) is 362 Å². The van der Waals surface area contributed by atoms with Gasteiger partial charge in [-0.15, -0.1) is 0 Å². The number of furan rings is 2. The number of pyridine rings is 1. The van der Waals surface area contributed by atoms with E-state index in [1.54, 1.807) is 16.7 Å². The molecule has 564 valence electrons. The van der Waals surface area contributed by atoms with Crippen molar-refractivity contribution in [2.45, 2.75) is 203 Å². The smallest absolute Gasteiger partial charge is 0.144 e. The van der Waals surface area contributed by atoms with Gasteiger partial charge >= 0.3 is 0 Å². The van der Waals surface area contributed by atoms with E-state index in [4.69, 9.17) is 13.8 Å². The molecule has 0 amide bonds. The Morgan fingerprint density at radius 2 is 0.708 bits per heavy atom. The minimum absolute atomic E-state index is 0.192. The fraction of sp³-hybridized carbons (Fsp3) is 0.294. The standard InChI is InChI=1S/C109H106N2O2/c1-5-9-13-17-40-66-106(67-41-18-14-10-6-2)88-56-36-33-53-82(88)102-104(106)103-100(101-85-55-35-38-58-95(85)113-105(101)102)83-63-61-79(71-90(83)107(103,68-42-19-15-11-7-3)69-43-20-16-12-8-4)111(97-59-39-44-70-110-97)80-60-62-81-86-73-93-87(74-92(86)109(91(81)72-80,77-49-29-23-30-50-77)78-51-31-24-32-52-78)98-89(64-65-96-99(98)84-54-34-37-57-94(84)112-96)108(93,75-45-25-21-26-46-75)76-47-27-22-28-48-76/h21-39,44-65,70-74H,5-20,40-43,66-69H2,1-4H3. The topological polar surface area (TPSA) is 42.4 Å². The van der Waals surface area contributed by atoms with Crippen molar-refractivity contribution in [3.05, 3.63) is 346 Å². The number of unbranched alkanes of at least 4 members (excludes halogenated alkanes) is 16. The average molecular weight is 1480 g/mol. The molecule has 12 aromatic carbocycles. The van der Waals surface area contributed by atoms with E-state index < -0.39 is 10.8 Å².